The van der Waals surface area contributed by atoms with Crippen LogP contribution in [0.1, 0.15) is 45.4 Å². The fourth-order valence-electron chi connectivity index (χ4n) is 4.06. The SMILES string of the molecule is C[C@@H]1C[C@H](CNC(=O)Nc2ccccc2N(C)C2CCCC2)CCO1. The first-order valence-electron chi connectivity index (χ1n) is 9.62. The van der Waals surface area contributed by atoms with Gasteiger partial charge in [-0.2, -0.15) is 0 Å². The third-order valence-electron chi connectivity index (χ3n) is 5.55. The number of rotatable bonds is 5. The van der Waals surface area contributed by atoms with Crippen LogP contribution in [-0.4, -0.2) is 38.4 Å². The predicted molar refractivity (Wildman–Crippen MR) is 102 cm³/mol. The molecule has 138 valence electrons. The molecule has 3 rings (SSSR count). The molecule has 1 aliphatic heterocycles. The molecule has 1 aromatic carbocycles. The molecule has 1 aliphatic carbocycles. The second-order valence-corrected chi connectivity index (χ2v) is 7.47. The zero-order valence-corrected chi connectivity index (χ0v) is 15.5. The number of benzene rings is 1. The van der Waals surface area contributed by atoms with Gasteiger partial charge in [-0.25, -0.2) is 4.79 Å². The Labute approximate surface area is 151 Å². The summed E-state index contributed by atoms with van der Waals surface area (Å²) in [5.74, 6) is 0.505. The summed E-state index contributed by atoms with van der Waals surface area (Å²) >= 11 is 0. The number of hydrogen-bond acceptors (Lipinski definition) is 3. The average molecular weight is 345 g/mol. The van der Waals surface area contributed by atoms with Gasteiger partial charge in [0.1, 0.15) is 0 Å². The quantitative estimate of drug-likeness (QED) is 0.848. The Hall–Kier alpha value is -1.75. The van der Waals surface area contributed by atoms with Gasteiger partial charge >= 0.3 is 6.03 Å². The summed E-state index contributed by atoms with van der Waals surface area (Å²) in [6, 6.07) is 8.54. The van der Waals surface area contributed by atoms with Gasteiger partial charge in [0.25, 0.3) is 0 Å². The summed E-state index contributed by atoms with van der Waals surface area (Å²) in [5.41, 5.74) is 1.99. The Kier molecular flexibility index (Phi) is 6.19. The molecule has 2 atom stereocenters. The molecule has 0 spiro atoms. The summed E-state index contributed by atoms with van der Waals surface area (Å²) in [6.07, 6.45) is 7.40. The van der Waals surface area contributed by atoms with Crippen LogP contribution in [0.3, 0.4) is 0 Å². The number of hydrogen-bond donors (Lipinski definition) is 2. The first kappa shape index (κ1) is 18.1. The molecule has 1 aromatic rings. The van der Waals surface area contributed by atoms with Crippen LogP contribution in [0.2, 0.25) is 0 Å². The van der Waals surface area contributed by atoms with Crippen LogP contribution in [-0.2, 0) is 4.74 Å². The molecule has 0 unspecified atom stereocenters. The Morgan fingerprint density at radius 3 is 2.76 bits per heavy atom. The number of carbonyl (C=O) groups excluding carboxylic acids is 1. The summed E-state index contributed by atoms with van der Waals surface area (Å²) in [7, 11) is 2.14. The zero-order chi connectivity index (χ0) is 17.6. The van der Waals surface area contributed by atoms with Crippen molar-refractivity contribution in [3.8, 4) is 0 Å². The lowest BCUT2D eigenvalue weighted by molar-refractivity contribution is 0.00354. The summed E-state index contributed by atoms with van der Waals surface area (Å²) in [5, 5.41) is 6.08. The van der Waals surface area contributed by atoms with Crippen LogP contribution in [0.25, 0.3) is 0 Å². The van der Waals surface area contributed by atoms with Crippen molar-refractivity contribution in [2.24, 2.45) is 5.92 Å². The van der Waals surface area contributed by atoms with E-state index in [-0.39, 0.29) is 6.03 Å². The van der Waals surface area contributed by atoms with E-state index in [9.17, 15) is 4.79 Å². The van der Waals surface area contributed by atoms with Crippen molar-refractivity contribution in [2.45, 2.75) is 57.6 Å². The van der Waals surface area contributed by atoms with E-state index < -0.39 is 0 Å². The number of nitrogens with one attached hydrogen (secondary N) is 2. The fourth-order valence-corrected chi connectivity index (χ4v) is 4.06. The Balaban J connectivity index is 1.55. The highest BCUT2D eigenvalue weighted by atomic mass is 16.5. The van der Waals surface area contributed by atoms with Crippen molar-refractivity contribution in [3.63, 3.8) is 0 Å². The van der Waals surface area contributed by atoms with E-state index in [2.05, 4.69) is 35.6 Å². The van der Waals surface area contributed by atoms with E-state index in [1.165, 1.54) is 25.7 Å². The van der Waals surface area contributed by atoms with E-state index >= 15 is 0 Å². The molecular formula is C20H31N3O2. The maximum absolute atomic E-state index is 12.4. The number of anilines is 2. The Morgan fingerprint density at radius 2 is 2.00 bits per heavy atom. The van der Waals surface area contributed by atoms with Crippen LogP contribution in [0.15, 0.2) is 24.3 Å². The van der Waals surface area contributed by atoms with E-state index in [0.29, 0.717) is 24.6 Å². The normalized spacial score (nSPS) is 24.1. The Bertz CT molecular complexity index is 572. The number of ether oxygens (including phenoxy) is 1. The lowest BCUT2D eigenvalue weighted by Crippen LogP contribution is -2.37. The van der Waals surface area contributed by atoms with Gasteiger partial charge in [0.05, 0.1) is 17.5 Å². The molecule has 1 heterocycles. The molecule has 1 saturated heterocycles. The molecule has 25 heavy (non-hydrogen) atoms. The Morgan fingerprint density at radius 1 is 1.24 bits per heavy atom. The zero-order valence-electron chi connectivity index (χ0n) is 15.5. The van der Waals surface area contributed by atoms with Crippen molar-refractivity contribution >= 4 is 17.4 Å². The van der Waals surface area contributed by atoms with E-state index in [0.717, 1.165) is 30.8 Å². The molecule has 0 bridgehead atoms. The largest absolute Gasteiger partial charge is 0.378 e. The van der Waals surface area contributed by atoms with Crippen molar-refractivity contribution in [2.75, 3.05) is 30.4 Å². The molecule has 1 saturated carbocycles. The lowest BCUT2D eigenvalue weighted by Gasteiger charge is -2.29. The van der Waals surface area contributed by atoms with Crippen molar-refractivity contribution in [1.82, 2.24) is 5.32 Å². The third kappa shape index (κ3) is 4.88. The maximum atomic E-state index is 12.4. The maximum Gasteiger partial charge on any atom is 0.319 e. The van der Waals surface area contributed by atoms with Gasteiger partial charge < -0.3 is 20.3 Å². The minimum Gasteiger partial charge on any atom is -0.378 e. The number of urea groups is 1. The van der Waals surface area contributed by atoms with Crippen LogP contribution >= 0.6 is 0 Å². The standard InChI is InChI=1S/C20H31N3O2/c1-15-13-16(11-12-25-15)14-21-20(24)22-18-9-5-6-10-19(18)23(2)17-7-3-4-8-17/h5-6,9-10,15-17H,3-4,7-8,11-14H2,1-2H3,(H2,21,22,24)/t15-,16-/m1/s1. The molecule has 5 heteroatoms. The topological polar surface area (TPSA) is 53.6 Å². The smallest absolute Gasteiger partial charge is 0.319 e. The number of amides is 2. The van der Waals surface area contributed by atoms with E-state index in [4.69, 9.17) is 4.74 Å². The lowest BCUT2D eigenvalue weighted by atomic mass is 9.96. The summed E-state index contributed by atoms with van der Waals surface area (Å²) in [6.45, 7) is 3.60. The van der Waals surface area contributed by atoms with Gasteiger partial charge in [-0.3, -0.25) is 0 Å². The van der Waals surface area contributed by atoms with Gasteiger partial charge in [-0.05, 0) is 50.7 Å². The number of para-hydroxylation sites is 2. The highest BCUT2D eigenvalue weighted by molar-refractivity contribution is 5.93. The van der Waals surface area contributed by atoms with Crippen molar-refractivity contribution in [3.05, 3.63) is 24.3 Å². The molecule has 2 amide bonds. The second kappa shape index (κ2) is 8.56. The van der Waals surface area contributed by atoms with Gasteiger partial charge in [-0.15, -0.1) is 0 Å². The third-order valence-corrected chi connectivity index (χ3v) is 5.55. The fraction of sp³-hybridized carbons (Fsp3) is 0.650. The molecule has 2 aliphatic rings. The van der Waals surface area contributed by atoms with Crippen LogP contribution < -0.4 is 15.5 Å². The molecule has 2 N–H and O–H groups in total. The molecule has 5 nitrogen and oxygen atoms in total. The van der Waals surface area contributed by atoms with Crippen molar-refractivity contribution in [1.29, 1.82) is 0 Å². The van der Waals surface area contributed by atoms with E-state index in [1.54, 1.807) is 0 Å². The van der Waals surface area contributed by atoms with Crippen LogP contribution in [0.4, 0.5) is 16.2 Å². The van der Waals surface area contributed by atoms with Gasteiger partial charge in [0, 0.05) is 26.2 Å². The predicted octanol–water partition coefficient (Wildman–Crippen LogP) is 4.00. The average Bonchev–Trinajstić information content (AvgIpc) is 3.15. The summed E-state index contributed by atoms with van der Waals surface area (Å²) < 4.78 is 5.57. The number of carbonyl (C=O) groups is 1. The number of nitrogens with zero attached hydrogens (tertiary/aromatic N) is 1. The highest BCUT2D eigenvalue weighted by Gasteiger charge is 2.22. The monoisotopic (exact) mass is 345 g/mol. The van der Waals surface area contributed by atoms with Gasteiger partial charge in [-0.1, -0.05) is 25.0 Å². The molecule has 0 aromatic heterocycles. The minimum atomic E-state index is -0.119. The van der Waals surface area contributed by atoms with Crippen LogP contribution in [0.5, 0.6) is 0 Å². The highest BCUT2D eigenvalue weighted by Crippen LogP contribution is 2.31. The van der Waals surface area contributed by atoms with Gasteiger partial charge in [0.2, 0.25) is 0 Å². The first-order chi connectivity index (χ1) is 12.1. The minimum absolute atomic E-state index is 0.119. The van der Waals surface area contributed by atoms with E-state index in [1.807, 2.05) is 18.2 Å². The summed E-state index contributed by atoms with van der Waals surface area (Å²) in [4.78, 5) is 14.7. The molecular weight excluding hydrogens is 314 g/mol. The van der Waals surface area contributed by atoms with Crippen molar-refractivity contribution < 1.29 is 9.53 Å². The first-order valence-corrected chi connectivity index (χ1v) is 9.62. The molecule has 0 radical (unpaired) electrons. The van der Waals surface area contributed by atoms with Crippen LogP contribution in [0, 0.1) is 5.92 Å². The van der Waals surface area contributed by atoms with Gasteiger partial charge in [0.15, 0.2) is 0 Å². The second-order valence-electron chi connectivity index (χ2n) is 7.47. The molecule has 2 fully saturated rings.